The van der Waals surface area contributed by atoms with Crippen LogP contribution >= 0.6 is 0 Å². The van der Waals surface area contributed by atoms with E-state index >= 15 is 0 Å². The normalized spacial score (nSPS) is 18.4. The molecule has 1 unspecified atom stereocenters. The third-order valence-corrected chi connectivity index (χ3v) is 3.92. The van der Waals surface area contributed by atoms with Crippen LogP contribution < -0.4 is 4.90 Å². The third-order valence-electron chi connectivity index (χ3n) is 3.92. The third kappa shape index (κ3) is 3.13. The minimum Gasteiger partial charge on any atom is -0.393 e. The maximum absolute atomic E-state index is 14.0. The fraction of sp³-hybridized carbons (Fsp3) is 0.533. The molecule has 0 radical (unpaired) electrons. The lowest BCUT2D eigenvalue weighted by Gasteiger charge is -2.35. The summed E-state index contributed by atoms with van der Waals surface area (Å²) in [7, 11) is 0. The lowest BCUT2D eigenvalue weighted by molar-refractivity contribution is 0.101. The lowest BCUT2D eigenvalue weighted by Crippen LogP contribution is -2.37. The summed E-state index contributed by atoms with van der Waals surface area (Å²) in [5.41, 5.74) is 0.953. The van der Waals surface area contributed by atoms with E-state index in [1.165, 1.54) is 13.0 Å². The molecule has 104 valence electrons. The smallest absolute Gasteiger partial charge is 0.159 e. The van der Waals surface area contributed by atoms with Gasteiger partial charge in [0, 0.05) is 18.7 Å². The Kier molecular flexibility index (Phi) is 4.20. The fourth-order valence-electron chi connectivity index (χ4n) is 2.61. The molecule has 1 aliphatic rings. The van der Waals surface area contributed by atoms with E-state index in [4.69, 9.17) is 0 Å². The van der Waals surface area contributed by atoms with Gasteiger partial charge in [0.1, 0.15) is 5.82 Å². The molecular formula is C15H20FNO2. The number of carbonyl (C=O) groups excluding carboxylic acids is 1. The fourth-order valence-corrected chi connectivity index (χ4v) is 2.61. The van der Waals surface area contributed by atoms with Gasteiger partial charge in [0.15, 0.2) is 5.78 Å². The molecule has 1 atom stereocenters. The summed E-state index contributed by atoms with van der Waals surface area (Å²) in [6.07, 6.45) is 1.43. The summed E-state index contributed by atoms with van der Waals surface area (Å²) in [6.45, 7) is 4.73. The van der Waals surface area contributed by atoms with Gasteiger partial charge in [-0.25, -0.2) is 4.39 Å². The molecule has 1 fully saturated rings. The highest BCUT2D eigenvalue weighted by Crippen LogP contribution is 2.27. The molecule has 0 saturated carbocycles. The Balaban J connectivity index is 2.09. The number of aliphatic hydroxyl groups is 1. The van der Waals surface area contributed by atoms with Gasteiger partial charge >= 0.3 is 0 Å². The largest absolute Gasteiger partial charge is 0.393 e. The number of benzene rings is 1. The number of hydrogen-bond donors (Lipinski definition) is 1. The number of nitrogens with zero attached hydrogens (tertiary/aromatic N) is 1. The molecule has 2 rings (SSSR count). The van der Waals surface area contributed by atoms with E-state index in [9.17, 15) is 14.3 Å². The van der Waals surface area contributed by atoms with Crippen LogP contribution in [0.4, 0.5) is 10.1 Å². The Morgan fingerprint density at radius 3 is 2.53 bits per heavy atom. The lowest BCUT2D eigenvalue weighted by atomic mass is 9.92. The van der Waals surface area contributed by atoms with Crippen molar-refractivity contribution in [3.05, 3.63) is 29.6 Å². The molecule has 3 nitrogen and oxygen atoms in total. The molecule has 1 aromatic carbocycles. The van der Waals surface area contributed by atoms with Crippen molar-refractivity contribution in [2.45, 2.75) is 32.8 Å². The number of carbonyl (C=O) groups is 1. The molecule has 0 spiro atoms. The molecule has 0 aromatic heterocycles. The predicted molar refractivity (Wildman–Crippen MR) is 73.0 cm³/mol. The van der Waals surface area contributed by atoms with E-state index in [0.717, 1.165) is 25.9 Å². The molecule has 0 amide bonds. The van der Waals surface area contributed by atoms with E-state index in [-0.39, 0.29) is 17.7 Å². The predicted octanol–water partition coefficient (Wildman–Crippen LogP) is 2.63. The average Bonchev–Trinajstić information content (AvgIpc) is 2.38. The van der Waals surface area contributed by atoms with Gasteiger partial charge in [-0.1, -0.05) is 0 Å². The number of aliphatic hydroxyl groups excluding tert-OH is 1. The molecule has 1 saturated heterocycles. The van der Waals surface area contributed by atoms with Crippen molar-refractivity contribution in [2.75, 3.05) is 18.0 Å². The van der Waals surface area contributed by atoms with Crippen molar-refractivity contribution < 1.29 is 14.3 Å². The van der Waals surface area contributed by atoms with Crippen LogP contribution in [0.5, 0.6) is 0 Å². The number of halogens is 1. The number of ketones is 1. The molecule has 1 heterocycles. The summed E-state index contributed by atoms with van der Waals surface area (Å²) in [6, 6.07) is 4.65. The van der Waals surface area contributed by atoms with Gasteiger partial charge in [-0.2, -0.15) is 0 Å². The van der Waals surface area contributed by atoms with Gasteiger partial charge in [-0.15, -0.1) is 0 Å². The second-order valence-electron chi connectivity index (χ2n) is 5.29. The Labute approximate surface area is 113 Å². The number of hydrogen-bond acceptors (Lipinski definition) is 3. The van der Waals surface area contributed by atoms with Crippen molar-refractivity contribution in [3.8, 4) is 0 Å². The van der Waals surface area contributed by atoms with Crippen LogP contribution in [0, 0.1) is 11.7 Å². The first-order chi connectivity index (χ1) is 8.99. The van der Waals surface area contributed by atoms with Crippen LogP contribution in [0.25, 0.3) is 0 Å². The van der Waals surface area contributed by atoms with E-state index in [2.05, 4.69) is 0 Å². The summed E-state index contributed by atoms with van der Waals surface area (Å²) in [4.78, 5) is 13.2. The van der Waals surface area contributed by atoms with Gasteiger partial charge in [0.05, 0.1) is 11.8 Å². The van der Waals surface area contributed by atoms with Gasteiger partial charge in [0.2, 0.25) is 0 Å². The van der Waals surface area contributed by atoms with Gasteiger partial charge in [0.25, 0.3) is 0 Å². The molecule has 0 bridgehead atoms. The number of rotatable bonds is 3. The molecule has 1 aliphatic heterocycles. The topological polar surface area (TPSA) is 40.5 Å². The summed E-state index contributed by atoms with van der Waals surface area (Å²) >= 11 is 0. The maximum atomic E-state index is 14.0. The average molecular weight is 265 g/mol. The summed E-state index contributed by atoms with van der Waals surface area (Å²) in [5.74, 6) is -0.169. The maximum Gasteiger partial charge on any atom is 0.159 e. The minimum atomic E-state index is -0.344. The van der Waals surface area contributed by atoms with Crippen molar-refractivity contribution in [3.63, 3.8) is 0 Å². The molecule has 0 aliphatic carbocycles. The Morgan fingerprint density at radius 2 is 2.05 bits per heavy atom. The first-order valence-corrected chi connectivity index (χ1v) is 6.72. The van der Waals surface area contributed by atoms with E-state index in [1.807, 2.05) is 11.8 Å². The highest BCUT2D eigenvalue weighted by atomic mass is 19.1. The van der Waals surface area contributed by atoms with Crippen molar-refractivity contribution in [1.29, 1.82) is 0 Å². The zero-order chi connectivity index (χ0) is 14.0. The second-order valence-corrected chi connectivity index (χ2v) is 5.29. The van der Waals surface area contributed by atoms with Crippen molar-refractivity contribution >= 4 is 11.5 Å². The molecule has 4 heteroatoms. The van der Waals surface area contributed by atoms with Crippen LogP contribution in [-0.4, -0.2) is 30.1 Å². The quantitative estimate of drug-likeness (QED) is 0.854. The zero-order valence-corrected chi connectivity index (χ0v) is 11.4. The number of Topliss-reactive ketones (excluding diaryl/α,β-unsaturated/α-hetero) is 1. The van der Waals surface area contributed by atoms with E-state index in [1.54, 1.807) is 12.1 Å². The summed E-state index contributed by atoms with van der Waals surface area (Å²) in [5, 5.41) is 9.56. The Morgan fingerprint density at radius 1 is 1.42 bits per heavy atom. The van der Waals surface area contributed by atoms with E-state index < -0.39 is 0 Å². The Bertz CT molecular complexity index is 465. The van der Waals surface area contributed by atoms with Gasteiger partial charge in [-0.05, 0) is 50.8 Å². The zero-order valence-electron chi connectivity index (χ0n) is 11.4. The first kappa shape index (κ1) is 14.0. The van der Waals surface area contributed by atoms with Gasteiger partial charge in [-0.3, -0.25) is 4.79 Å². The molecular weight excluding hydrogens is 245 g/mol. The highest BCUT2D eigenvalue weighted by molar-refractivity contribution is 5.94. The number of piperidine rings is 1. The first-order valence-electron chi connectivity index (χ1n) is 6.72. The van der Waals surface area contributed by atoms with Crippen LogP contribution in [0.3, 0.4) is 0 Å². The molecule has 19 heavy (non-hydrogen) atoms. The van der Waals surface area contributed by atoms with Gasteiger partial charge < -0.3 is 10.0 Å². The van der Waals surface area contributed by atoms with Crippen LogP contribution in [0.2, 0.25) is 0 Å². The second kappa shape index (κ2) is 5.70. The highest BCUT2D eigenvalue weighted by Gasteiger charge is 2.24. The van der Waals surface area contributed by atoms with Crippen LogP contribution in [0.15, 0.2) is 18.2 Å². The summed E-state index contributed by atoms with van der Waals surface area (Å²) < 4.78 is 14.0. The van der Waals surface area contributed by atoms with Crippen LogP contribution in [0.1, 0.15) is 37.0 Å². The van der Waals surface area contributed by atoms with E-state index in [0.29, 0.717) is 17.2 Å². The minimum absolute atomic E-state index is 0.127. The standard InChI is InChI=1S/C15H20FNO2/c1-10(18)12-5-7-17(8-6-12)15-4-3-13(11(2)19)9-14(15)16/h3-4,9-10,12,18H,5-8H2,1-2H3. The molecule has 1 aromatic rings. The van der Waals surface area contributed by atoms with Crippen molar-refractivity contribution in [2.24, 2.45) is 5.92 Å². The van der Waals surface area contributed by atoms with Crippen LogP contribution in [-0.2, 0) is 0 Å². The monoisotopic (exact) mass is 265 g/mol. The molecule has 1 N–H and O–H groups in total. The van der Waals surface area contributed by atoms with Crippen molar-refractivity contribution in [1.82, 2.24) is 0 Å². The SMILES string of the molecule is CC(=O)c1ccc(N2CCC(C(C)O)CC2)c(F)c1. The number of anilines is 1. The Hall–Kier alpha value is -1.42.